The zero-order valence-corrected chi connectivity index (χ0v) is 13.8. The molecule has 0 unspecified atom stereocenters. The van der Waals surface area contributed by atoms with E-state index in [1.165, 1.54) is 0 Å². The second kappa shape index (κ2) is 8.31. The summed E-state index contributed by atoms with van der Waals surface area (Å²) in [5.74, 6) is 0.147. The summed E-state index contributed by atoms with van der Waals surface area (Å²) < 4.78 is 26.4. The first-order valence-corrected chi connectivity index (χ1v) is 9.28. The Balaban J connectivity index is 1.65. The highest BCUT2D eigenvalue weighted by Gasteiger charge is 2.09. The third kappa shape index (κ3) is 6.17. The Kier molecular flexibility index (Phi) is 6.42. The summed E-state index contributed by atoms with van der Waals surface area (Å²) in [7, 11) is -3.24. The minimum absolute atomic E-state index is 0.147. The van der Waals surface area contributed by atoms with Crippen LogP contribution in [-0.2, 0) is 23.0 Å². The maximum absolute atomic E-state index is 11.9. The number of unbranched alkanes of at least 4 members (excludes halogenated alkanes) is 2. The fourth-order valence-corrected chi connectivity index (χ4v) is 3.44. The normalized spacial score (nSPS) is 11.7. The van der Waals surface area contributed by atoms with Crippen molar-refractivity contribution in [2.75, 3.05) is 5.75 Å². The van der Waals surface area contributed by atoms with Gasteiger partial charge in [0.15, 0.2) is 0 Å². The van der Waals surface area contributed by atoms with Crippen molar-refractivity contribution in [1.29, 1.82) is 0 Å². The number of hydrogen-bond acceptors (Lipinski definition) is 3. The van der Waals surface area contributed by atoms with Crippen LogP contribution in [0.1, 0.15) is 30.5 Å². The number of sulfonamides is 1. The smallest absolute Gasteiger partial charge is 0.211 e. The molecule has 1 aromatic heterocycles. The number of imidazole rings is 1. The molecule has 2 aromatic rings. The maximum atomic E-state index is 11.9. The molecule has 1 aromatic carbocycles. The van der Waals surface area contributed by atoms with Crippen molar-refractivity contribution in [3.05, 3.63) is 53.1 Å². The monoisotopic (exact) mass is 341 g/mol. The van der Waals surface area contributed by atoms with Gasteiger partial charge in [-0.25, -0.2) is 18.1 Å². The molecular weight excluding hydrogens is 322 g/mol. The number of aryl methyl sites for hydroxylation is 1. The topological polar surface area (TPSA) is 74.8 Å². The first-order chi connectivity index (χ1) is 10.6. The SMILES string of the molecule is O=S(=O)(CCCCCc1c[nH]cn1)NCc1cccc(Cl)c1. The number of halogens is 1. The second-order valence-electron chi connectivity index (χ2n) is 5.14. The Bertz CT molecular complexity index is 672. The van der Waals surface area contributed by atoms with Gasteiger partial charge in [0.2, 0.25) is 10.0 Å². The van der Waals surface area contributed by atoms with E-state index in [4.69, 9.17) is 11.6 Å². The lowest BCUT2D eigenvalue weighted by Crippen LogP contribution is -2.25. The molecule has 1 heterocycles. The van der Waals surface area contributed by atoms with Crippen molar-refractivity contribution in [3.8, 4) is 0 Å². The van der Waals surface area contributed by atoms with Crippen molar-refractivity contribution in [3.63, 3.8) is 0 Å². The van der Waals surface area contributed by atoms with Crippen molar-refractivity contribution in [2.24, 2.45) is 0 Å². The number of benzene rings is 1. The summed E-state index contributed by atoms with van der Waals surface area (Å²) in [5.41, 5.74) is 1.87. The van der Waals surface area contributed by atoms with Crippen LogP contribution in [0.15, 0.2) is 36.8 Å². The Morgan fingerprint density at radius 2 is 2.09 bits per heavy atom. The average molecular weight is 342 g/mol. The van der Waals surface area contributed by atoms with Crippen molar-refractivity contribution < 1.29 is 8.42 Å². The largest absolute Gasteiger partial charge is 0.351 e. The van der Waals surface area contributed by atoms with Crippen LogP contribution in [0.3, 0.4) is 0 Å². The van der Waals surface area contributed by atoms with E-state index in [1.807, 2.05) is 12.3 Å². The molecule has 0 aliphatic heterocycles. The molecule has 0 amide bonds. The van der Waals surface area contributed by atoms with Gasteiger partial charge in [-0.15, -0.1) is 0 Å². The molecule has 120 valence electrons. The van der Waals surface area contributed by atoms with E-state index in [0.717, 1.165) is 30.5 Å². The van der Waals surface area contributed by atoms with Crippen LogP contribution in [0.5, 0.6) is 0 Å². The van der Waals surface area contributed by atoms with Gasteiger partial charge in [-0.05, 0) is 37.0 Å². The Hall–Kier alpha value is -1.37. The highest BCUT2D eigenvalue weighted by molar-refractivity contribution is 7.89. The standard InChI is InChI=1S/C15H20ClN3O2S/c16-14-6-4-5-13(9-14)10-19-22(20,21)8-3-1-2-7-15-11-17-12-18-15/h4-6,9,11-12,19H,1-3,7-8,10H2,(H,17,18). The number of rotatable bonds is 9. The van der Waals surface area contributed by atoms with Crippen LogP contribution < -0.4 is 4.72 Å². The number of aromatic amines is 1. The molecule has 7 heteroatoms. The highest BCUT2D eigenvalue weighted by Crippen LogP contribution is 2.11. The molecule has 22 heavy (non-hydrogen) atoms. The van der Waals surface area contributed by atoms with Crippen LogP contribution >= 0.6 is 11.6 Å². The molecular formula is C15H20ClN3O2S. The molecule has 0 aliphatic rings. The van der Waals surface area contributed by atoms with Crippen LogP contribution in [0.25, 0.3) is 0 Å². The van der Waals surface area contributed by atoms with Gasteiger partial charge in [-0.2, -0.15) is 0 Å². The maximum Gasteiger partial charge on any atom is 0.211 e. The van der Waals surface area contributed by atoms with Gasteiger partial charge in [0.05, 0.1) is 17.8 Å². The third-order valence-corrected chi connectivity index (χ3v) is 4.93. The lowest BCUT2D eigenvalue weighted by Gasteiger charge is -2.07. The van der Waals surface area contributed by atoms with E-state index in [2.05, 4.69) is 14.7 Å². The van der Waals surface area contributed by atoms with Gasteiger partial charge in [0, 0.05) is 17.8 Å². The van der Waals surface area contributed by atoms with E-state index >= 15 is 0 Å². The van der Waals surface area contributed by atoms with Gasteiger partial charge >= 0.3 is 0 Å². The minimum Gasteiger partial charge on any atom is -0.351 e. The zero-order chi connectivity index (χ0) is 15.8. The fourth-order valence-electron chi connectivity index (χ4n) is 2.11. The van der Waals surface area contributed by atoms with Gasteiger partial charge in [0.1, 0.15) is 0 Å². The summed E-state index contributed by atoms with van der Waals surface area (Å²) >= 11 is 5.87. The van der Waals surface area contributed by atoms with E-state index < -0.39 is 10.0 Å². The van der Waals surface area contributed by atoms with Gasteiger partial charge < -0.3 is 4.98 Å². The zero-order valence-electron chi connectivity index (χ0n) is 12.3. The Morgan fingerprint density at radius 1 is 1.23 bits per heavy atom. The first kappa shape index (κ1) is 17.0. The highest BCUT2D eigenvalue weighted by atomic mass is 35.5. The average Bonchev–Trinajstić information content (AvgIpc) is 2.98. The summed E-state index contributed by atoms with van der Waals surface area (Å²) in [6.07, 6.45) is 6.84. The second-order valence-corrected chi connectivity index (χ2v) is 7.50. The summed E-state index contributed by atoms with van der Waals surface area (Å²) in [6, 6.07) is 7.17. The van der Waals surface area contributed by atoms with Crippen LogP contribution in [0.2, 0.25) is 5.02 Å². The van der Waals surface area contributed by atoms with Crippen LogP contribution in [0.4, 0.5) is 0 Å². The van der Waals surface area contributed by atoms with Crippen molar-refractivity contribution >= 4 is 21.6 Å². The Morgan fingerprint density at radius 3 is 2.82 bits per heavy atom. The van der Waals surface area contributed by atoms with Gasteiger partial charge in [-0.1, -0.05) is 30.2 Å². The van der Waals surface area contributed by atoms with Crippen molar-refractivity contribution in [2.45, 2.75) is 32.2 Å². The minimum atomic E-state index is -3.24. The fraction of sp³-hybridized carbons (Fsp3) is 0.400. The molecule has 0 saturated carbocycles. The van der Waals surface area contributed by atoms with Gasteiger partial charge in [0.25, 0.3) is 0 Å². The Labute approximate surface area is 136 Å². The van der Waals surface area contributed by atoms with Crippen LogP contribution in [0, 0.1) is 0 Å². The number of H-pyrrole nitrogens is 1. The molecule has 2 N–H and O–H groups in total. The van der Waals surface area contributed by atoms with E-state index in [0.29, 0.717) is 11.4 Å². The summed E-state index contributed by atoms with van der Waals surface area (Å²) in [6.45, 7) is 0.274. The molecule has 0 atom stereocenters. The predicted molar refractivity (Wildman–Crippen MR) is 88.2 cm³/mol. The summed E-state index contributed by atoms with van der Waals surface area (Å²) in [5, 5.41) is 0.607. The molecule has 0 bridgehead atoms. The number of nitrogens with zero attached hydrogens (tertiary/aromatic N) is 1. The number of hydrogen-bond donors (Lipinski definition) is 2. The van der Waals surface area contributed by atoms with Crippen molar-refractivity contribution in [1.82, 2.24) is 14.7 Å². The van der Waals surface area contributed by atoms with Crippen LogP contribution in [-0.4, -0.2) is 24.1 Å². The lowest BCUT2D eigenvalue weighted by molar-refractivity contribution is 0.575. The summed E-state index contributed by atoms with van der Waals surface area (Å²) in [4.78, 5) is 7.04. The first-order valence-electron chi connectivity index (χ1n) is 7.24. The van der Waals surface area contributed by atoms with Gasteiger partial charge in [-0.3, -0.25) is 0 Å². The van der Waals surface area contributed by atoms with E-state index in [1.54, 1.807) is 24.5 Å². The predicted octanol–water partition coefficient (Wildman–Crippen LogP) is 2.90. The lowest BCUT2D eigenvalue weighted by atomic mass is 10.2. The van der Waals surface area contributed by atoms with E-state index in [-0.39, 0.29) is 12.3 Å². The molecule has 0 radical (unpaired) electrons. The third-order valence-electron chi connectivity index (χ3n) is 3.29. The molecule has 0 fully saturated rings. The molecule has 5 nitrogen and oxygen atoms in total. The van der Waals surface area contributed by atoms with E-state index in [9.17, 15) is 8.42 Å². The number of nitrogens with one attached hydrogen (secondary N) is 2. The molecule has 0 saturated heterocycles. The molecule has 2 rings (SSSR count). The quantitative estimate of drug-likeness (QED) is 0.689. The molecule has 0 aliphatic carbocycles. The number of aromatic nitrogens is 2. The molecule has 0 spiro atoms.